The molecule has 1 aromatic rings. The second kappa shape index (κ2) is 7.59. The minimum Gasteiger partial charge on any atom is -0.481 e. The minimum absolute atomic E-state index is 0.0991. The van der Waals surface area contributed by atoms with E-state index in [1.165, 1.54) is 28.0 Å². The molecular weight excluding hydrogens is 343 g/mol. The van der Waals surface area contributed by atoms with Crippen LogP contribution in [0.5, 0.6) is 0 Å². The van der Waals surface area contributed by atoms with Gasteiger partial charge in [-0.25, -0.2) is 14.0 Å². The van der Waals surface area contributed by atoms with Crippen LogP contribution in [-0.2, 0) is 4.79 Å². The maximum Gasteiger partial charge on any atom is 0.321 e. The van der Waals surface area contributed by atoms with Crippen LogP contribution in [0, 0.1) is 11.7 Å². The van der Waals surface area contributed by atoms with E-state index in [0.717, 1.165) is 0 Å². The van der Waals surface area contributed by atoms with Crippen molar-refractivity contribution < 1.29 is 23.9 Å². The zero-order valence-electron chi connectivity index (χ0n) is 14.2. The molecule has 0 aromatic heterocycles. The molecule has 2 aliphatic heterocycles. The third-order valence-corrected chi connectivity index (χ3v) is 4.63. The van der Waals surface area contributed by atoms with Gasteiger partial charge in [-0.05, 0) is 37.5 Å². The van der Waals surface area contributed by atoms with Crippen LogP contribution in [0.4, 0.5) is 25.4 Å². The van der Waals surface area contributed by atoms with Gasteiger partial charge in [-0.3, -0.25) is 9.69 Å². The molecule has 0 bridgehead atoms. The average molecular weight is 364 g/mol. The number of urea groups is 2. The van der Waals surface area contributed by atoms with Crippen molar-refractivity contribution in [2.45, 2.75) is 19.3 Å². The van der Waals surface area contributed by atoms with E-state index in [2.05, 4.69) is 10.6 Å². The zero-order valence-corrected chi connectivity index (χ0v) is 14.2. The molecule has 8 nitrogen and oxygen atoms in total. The highest BCUT2D eigenvalue weighted by atomic mass is 19.1. The lowest BCUT2D eigenvalue weighted by atomic mass is 9.99. The van der Waals surface area contributed by atoms with Gasteiger partial charge < -0.3 is 20.6 Å². The average Bonchev–Trinajstić information content (AvgIpc) is 2.64. The maximum absolute atomic E-state index is 14.1. The number of carboxylic acids is 1. The molecule has 9 heteroatoms. The second-order valence-corrected chi connectivity index (χ2v) is 6.46. The van der Waals surface area contributed by atoms with Crippen LogP contribution in [0.3, 0.4) is 0 Å². The Bertz CT molecular complexity index is 727. The van der Waals surface area contributed by atoms with E-state index < -0.39 is 23.7 Å². The summed E-state index contributed by atoms with van der Waals surface area (Å²) >= 11 is 0. The van der Waals surface area contributed by atoms with E-state index >= 15 is 0 Å². The van der Waals surface area contributed by atoms with Gasteiger partial charge in [0, 0.05) is 31.9 Å². The molecular formula is C17H21FN4O4. The fourth-order valence-electron chi connectivity index (χ4n) is 3.22. The van der Waals surface area contributed by atoms with Crippen LogP contribution in [0.25, 0.3) is 0 Å². The number of halogens is 1. The molecule has 1 atom stereocenters. The SMILES string of the molecule is O=C(O)C1CCCN(C(=O)Nc2ccc(F)c(N3CCCNC3=O)c2)C1. The third-order valence-electron chi connectivity index (χ3n) is 4.63. The molecule has 2 heterocycles. The van der Waals surface area contributed by atoms with Crippen LogP contribution in [0.15, 0.2) is 18.2 Å². The summed E-state index contributed by atoms with van der Waals surface area (Å²) in [4.78, 5) is 38.2. The molecule has 2 fully saturated rings. The standard InChI is InChI=1S/C17H21FN4O4/c18-13-5-4-12(9-14(13)22-8-2-6-19-16(22)25)20-17(26)21-7-1-3-11(10-21)15(23)24/h4-5,9,11H,1-3,6-8,10H2,(H,19,25)(H,20,26)(H,23,24). The van der Waals surface area contributed by atoms with Crippen LogP contribution >= 0.6 is 0 Å². The fraction of sp³-hybridized carbons (Fsp3) is 0.471. The molecule has 2 aliphatic rings. The molecule has 4 amide bonds. The zero-order chi connectivity index (χ0) is 18.7. The quantitative estimate of drug-likeness (QED) is 0.764. The summed E-state index contributed by atoms with van der Waals surface area (Å²) in [6, 6.07) is 3.22. The number of benzene rings is 1. The van der Waals surface area contributed by atoms with Gasteiger partial charge >= 0.3 is 18.0 Å². The number of anilines is 2. The molecule has 3 rings (SSSR count). The first-order valence-electron chi connectivity index (χ1n) is 8.59. The number of nitrogens with zero attached hydrogens (tertiary/aromatic N) is 2. The normalized spacial score (nSPS) is 20.5. The van der Waals surface area contributed by atoms with E-state index in [0.29, 0.717) is 44.6 Å². The Kier molecular flexibility index (Phi) is 5.24. The molecule has 0 radical (unpaired) electrons. The van der Waals surface area contributed by atoms with Gasteiger partial charge in [0.25, 0.3) is 0 Å². The first kappa shape index (κ1) is 18.0. The van der Waals surface area contributed by atoms with Gasteiger partial charge in [-0.1, -0.05) is 0 Å². The largest absolute Gasteiger partial charge is 0.481 e. The lowest BCUT2D eigenvalue weighted by Crippen LogP contribution is -2.47. The lowest BCUT2D eigenvalue weighted by molar-refractivity contribution is -0.143. The van der Waals surface area contributed by atoms with Crippen molar-refractivity contribution in [1.29, 1.82) is 0 Å². The van der Waals surface area contributed by atoms with Crippen molar-refractivity contribution in [3.8, 4) is 0 Å². The summed E-state index contributed by atoms with van der Waals surface area (Å²) in [5.74, 6) is -2.04. The monoisotopic (exact) mass is 364 g/mol. The number of aliphatic carboxylic acids is 1. The first-order valence-corrected chi connectivity index (χ1v) is 8.59. The Labute approximate surface area is 149 Å². The maximum atomic E-state index is 14.1. The molecule has 0 spiro atoms. The minimum atomic E-state index is -0.914. The van der Waals surface area contributed by atoms with Gasteiger partial charge in [0.2, 0.25) is 0 Å². The van der Waals surface area contributed by atoms with Gasteiger partial charge in [0.05, 0.1) is 11.6 Å². The van der Waals surface area contributed by atoms with E-state index in [1.54, 1.807) is 0 Å². The fourth-order valence-corrected chi connectivity index (χ4v) is 3.22. The predicted molar refractivity (Wildman–Crippen MR) is 92.7 cm³/mol. The lowest BCUT2D eigenvalue weighted by Gasteiger charge is -2.31. The number of piperidine rings is 1. The van der Waals surface area contributed by atoms with Crippen molar-refractivity contribution in [3.05, 3.63) is 24.0 Å². The molecule has 26 heavy (non-hydrogen) atoms. The van der Waals surface area contributed by atoms with Crippen molar-refractivity contribution in [2.24, 2.45) is 5.92 Å². The second-order valence-electron chi connectivity index (χ2n) is 6.46. The first-order chi connectivity index (χ1) is 12.5. The topological polar surface area (TPSA) is 102 Å². The predicted octanol–water partition coefficient (Wildman–Crippen LogP) is 2.07. The Balaban J connectivity index is 1.71. The summed E-state index contributed by atoms with van der Waals surface area (Å²) in [5.41, 5.74) is 0.448. The summed E-state index contributed by atoms with van der Waals surface area (Å²) in [6.45, 7) is 1.56. The number of amides is 4. The van der Waals surface area contributed by atoms with Crippen molar-refractivity contribution in [3.63, 3.8) is 0 Å². The Hall–Kier alpha value is -2.84. The van der Waals surface area contributed by atoms with Crippen molar-refractivity contribution in [2.75, 3.05) is 36.4 Å². The summed E-state index contributed by atoms with van der Waals surface area (Å²) in [6.07, 6.45) is 1.86. The number of carbonyl (C=O) groups is 3. The molecule has 0 aliphatic carbocycles. The highest BCUT2D eigenvalue weighted by Gasteiger charge is 2.28. The summed E-state index contributed by atoms with van der Waals surface area (Å²) in [5, 5.41) is 14.4. The highest BCUT2D eigenvalue weighted by molar-refractivity contribution is 5.95. The molecule has 140 valence electrons. The van der Waals surface area contributed by atoms with Crippen LogP contribution in [0.1, 0.15) is 19.3 Å². The number of nitrogens with one attached hydrogen (secondary N) is 2. The Morgan fingerprint density at radius 3 is 2.81 bits per heavy atom. The Morgan fingerprint density at radius 1 is 1.27 bits per heavy atom. The Morgan fingerprint density at radius 2 is 2.08 bits per heavy atom. The number of carbonyl (C=O) groups excluding carboxylic acids is 2. The third kappa shape index (κ3) is 3.87. The smallest absolute Gasteiger partial charge is 0.321 e. The number of carboxylic acid groups (broad SMARTS) is 1. The van der Waals surface area contributed by atoms with Gasteiger partial charge in [-0.2, -0.15) is 0 Å². The van der Waals surface area contributed by atoms with Crippen molar-refractivity contribution in [1.82, 2.24) is 10.2 Å². The molecule has 2 saturated heterocycles. The van der Waals surface area contributed by atoms with Crippen molar-refractivity contribution >= 4 is 29.4 Å². The molecule has 0 saturated carbocycles. The van der Waals surface area contributed by atoms with Crippen LogP contribution in [0.2, 0.25) is 0 Å². The van der Waals surface area contributed by atoms with Gasteiger partial charge in [-0.15, -0.1) is 0 Å². The number of rotatable bonds is 3. The summed E-state index contributed by atoms with van der Waals surface area (Å²) < 4.78 is 14.1. The van der Waals surface area contributed by atoms with Gasteiger partial charge in [0.15, 0.2) is 0 Å². The molecule has 1 unspecified atom stereocenters. The number of hydrogen-bond donors (Lipinski definition) is 3. The van der Waals surface area contributed by atoms with E-state index in [-0.39, 0.29) is 18.3 Å². The molecule has 3 N–H and O–H groups in total. The van der Waals surface area contributed by atoms with Gasteiger partial charge in [0.1, 0.15) is 5.82 Å². The van der Waals surface area contributed by atoms with E-state index in [1.807, 2.05) is 0 Å². The number of hydrogen-bond acceptors (Lipinski definition) is 3. The summed E-state index contributed by atoms with van der Waals surface area (Å²) in [7, 11) is 0. The van der Waals surface area contributed by atoms with Crippen LogP contribution in [-0.4, -0.2) is 54.2 Å². The van der Waals surface area contributed by atoms with E-state index in [4.69, 9.17) is 5.11 Å². The van der Waals surface area contributed by atoms with Crippen LogP contribution < -0.4 is 15.5 Å². The van der Waals surface area contributed by atoms with E-state index in [9.17, 15) is 18.8 Å². The number of likely N-dealkylation sites (tertiary alicyclic amines) is 1. The highest BCUT2D eigenvalue weighted by Crippen LogP contribution is 2.26. The molecule has 1 aromatic carbocycles.